The van der Waals surface area contributed by atoms with Crippen molar-refractivity contribution in [2.75, 3.05) is 32.7 Å². The van der Waals surface area contributed by atoms with E-state index in [0.29, 0.717) is 5.91 Å². The number of halogens is 1. The van der Waals surface area contributed by atoms with E-state index >= 15 is 0 Å². The molecule has 4 rings (SSSR count). The van der Waals surface area contributed by atoms with Crippen molar-refractivity contribution in [2.24, 2.45) is 5.92 Å². The number of piperazine rings is 1. The van der Waals surface area contributed by atoms with Gasteiger partial charge in [0.2, 0.25) is 5.91 Å². The maximum absolute atomic E-state index is 13.2. The van der Waals surface area contributed by atoms with E-state index < -0.39 is 0 Å². The van der Waals surface area contributed by atoms with Gasteiger partial charge in [0.25, 0.3) is 0 Å². The number of hydrogen-bond acceptors (Lipinski definition) is 2. The molecule has 3 nitrogen and oxygen atoms in total. The van der Waals surface area contributed by atoms with Crippen molar-refractivity contribution in [3.8, 4) is 0 Å². The van der Waals surface area contributed by atoms with E-state index in [1.54, 1.807) is 0 Å². The molecule has 3 fully saturated rings. The minimum atomic E-state index is -0.237. The Morgan fingerprint density at radius 1 is 1.09 bits per heavy atom. The molecule has 2 saturated carbocycles. The maximum Gasteiger partial charge on any atom is 0.233 e. The van der Waals surface area contributed by atoms with Crippen LogP contribution in [0.5, 0.6) is 0 Å². The molecule has 0 radical (unpaired) electrons. The Bertz CT molecular complexity index is 570. The number of carbonyl (C=O) groups is 1. The van der Waals surface area contributed by atoms with E-state index in [9.17, 15) is 4.79 Å². The van der Waals surface area contributed by atoms with E-state index in [2.05, 4.69) is 50.0 Å². The van der Waals surface area contributed by atoms with Gasteiger partial charge in [-0.15, -0.1) is 0 Å². The zero-order valence-corrected chi connectivity index (χ0v) is 15.2. The number of rotatable bonds is 4. The number of benzene rings is 1. The fraction of sp³-hybridized carbons (Fsp3) is 0.632. The van der Waals surface area contributed by atoms with E-state index in [0.717, 1.165) is 49.4 Å². The molecule has 124 valence electrons. The van der Waals surface area contributed by atoms with Crippen molar-refractivity contribution >= 4 is 21.8 Å². The molecule has 1 amide bonds. The first-order valence-electron chi connectivity index (χ1n) is 8.95. The Morgan fingerprint density at radius 2 is 1.74 bits per heavy atom. The van der Waals surface area contributed by atoms with Crippen molar-refractivity contribution in [1.29, 1.82) is 0 Å². The molecule has 1 aromatic rings. The van der Waals surface area contributed by atoms with Crippen LogP contribution in [-0.4, -0.2) is 48.4 Å². The van der Waals surface area contributed by atoms with Gasteiger partial charge in [-0.3, -0.25) is 9.69 Å². The lowest BCUT2D eigenvalue weighted by Crippen LogP contribution is -2.56. The second-order valence-electron chi connectivity index (χ2n) is 7.48. The quantitative estimate of drug-likeness (QED) is 0.803. The third-order valence-electron chi connectivity index (χ3n) is 5.89. The van der Waals surface area contributed by atoms with Crippen LogP contribution in [0.15, 0.2) is 28.7 Å². The zero-order valence-electron chi connectivity index (χ0n) is 13.6. The predicted octanol–water partition coefficient (Wildman–Crippen LogP) is 3.43. The van der Waals surface area contributed by atoms with Crippen LogP contribution in [-0.2, 0) is 10.2 Å². The molecule has 0 bridgehead atoms. The van der Waals surface area contributed by atoms with Crippen LogP contribution in [0.1, 0.15) is 37.7 Å². The van der Waals surface area contributed by atoms with Gasteiger partial charge in [-0.2, -0.15) is 0 Å². The second-order valence-corrected chi connectivity index (χ2v) is 8.39. The first-order valence-corrected chi connectivity index (χ1v) is 9.74. The van der Waals surface area contributed by atoms with Gasteiger partial charge >= 0.3 is 0 Å². The van der Waals surface area contributed by atoms with Crippen LogP contribution < -0.4 is 0 Å². The minimum absolute atomic E-state index is 0.237. The fourth-order valence-electron chi connectivity index (χ4n) is 4.03. The molecule has 1 aromatic carbocycles. The first kappa shape index (κ1) is 15.6. The predicted molar refractivity (Wildman–Crippen MR) is 95.4 cm³/mol. The summed E-state index contributed by atoms with van der Waals surface area (Å²) in [7, 11) is 0. The fourth-order valence-corrected chi connectivity index (χ4v) is 4.29. The SMILES string of the molecule is O=C(N1CCN(CC2CC2)CC1)C1(c2ccc(Br)cc2)CCC1. The van der Waals surface area contributed by atoms with Crippen molar-refractivity contribution in [1.82, 2.24) is 9.80 Å². The molecular formula is C19H25BrN2O. The van der Waals surface area contributed by atoms with Gasteiger partial charge < -0.3 is 4.90 Å². The van der Waals surface area contributed by atoms with Gasteiger partial charge in [-0.25, -0.2) is 0 Å². The molecule has 2 aliphatic carbocycles. The van der Waals surface area contributed by atoms with Gasteiger partial charge in [0, 0.05) is 37.2 Å². The number of nitrogens with zero attached hydrogens (tertiary/aromatic N) is 2. The number of hydrogen-bond donors (Lipinski definition) is 0. The van der Waals surface area contributed by atoms with Crippen molar-refractivity contribution in [3.05, 3.63) is 34.3 Å². The molecule has 1 heterocycles. The number of carbonyl (C=O) groups excluding carboxylic acids is 1. The summed E-state index contributed by atoms with van der Waals surface area (Å²) in [6.07, 6.45) is 6.01. The smallest absolute Gasteiger partial charge is 0.233 e. The highest BCUT2D eigenvalue weighted by atomic mass is 79.9. The molecule has 1 aliphatic heterocycles. The van der Waals surface area contributed by atoms with Crippen molar-refractivity contribution in [3.63, 3.8) is 0 Å². The monoisotopic (exact) mass is 376 g/mol. The highest BCUT2D eigenvalue weighted by molar-refractivity contribution is 9.10. The van der Waals surface area contributed by atoms with Crippen LogP contribution in [0.2, 0.25) is 0 Å². The summed E-state index contributed by atoms with van der Waals surface area (Å²) in [5, 5.41) is 0. The van der Waals surface area contributed by atoms with Crippen LogP contribution in [0, 0.1) is 5.92 Å². The molecule has 1 saturated heterocycles. The van der Waals surface area contributed by atoms with E-state index in [-0.39, 0.29) is 5.41 Å². The average molecular weight is 377 g/mol. The highest BCUT2D eigenvalue weighted by Crippen LogP contribution is 2.45. The van der Waals surface area contributed by atoms with E-state index in [1.165, 1.54) is 31.4 Å². The molecule has 23 heavy (non-hydrogen) atoms. The lowest BCUT2D eigenvalue weighted by atomic mass is 9.63. The van der Waals surface area contributed by atoms with Crippen LogP contribution in [0.3, 0.4) is 0 Å². The van der Waals surface area contributed by atoms with Gasteiger partial charge in [0.1, 0.15) is 0 Å². The minimum Gasteiger partial charge on any atom is -0.339 e. The standard InChI is InChI=1S/C19H25BrN2O/c20-17-6-4-16(5-7-17)19(8-1-9-19)18(23)22-12-10-21(11-13-22)14-15-2-3-15/h4-7,15H,1-3,8-14H2. The normalized spacial score (nSPS) is 24.3. The summed E-state index contributed by atoms with van der Waals surface area (Å²) in [5.74, 6) is 1.31. The van der Waals surface area contributed by atoms with Crippen LogP contribution in [0.4, 0.5) is 0 Å². The molecule has 0 aromatic heterocycles. The molecular weight excluding hydrogens is 352 g/mol. The Morgan fingerprint density at radius 3 is 2.26 bits per heavy atom. The summed E-state index contributed by atoms with van der Waals surface area (Å²) >= 11 is 3.50. The third-order valence-corrected chi connectivity index (χ3v) is 6.41. The van der Waals surface area contributed by atoms with Gasteiger partial charge in [-0.1, -0.05) is 34.5 Å². The molecule has 0 spiro atoms. The van der Waals surface area contributed by atoms with Crippen molar-refractivity contribution in [2.45, 2.75) is 37.5 Å². The summed E-state index contributed by atoms with van der Waals surface area (Å²) in [5.41, 5.74) is 0.969. The Kier molecular flexibility index (Phi) is 4.22. The van der Waals surface area contributed by atoms with Gasteiger partial charge in [0.15, 0.2) is 0 Å². The van der Waals surface area contributed by atoms with Gasteiger partial charge in [-0.05, 0) is 49.3 Å². The van der Waals surface area contributed by atoms with Crippen molar-refractivity contribution < 1.29 is 4.79 Å². The zero-order chi connectivity index (χ0) is 15.9. The lowest BCUT2D eigenvalue weighted by molar-refractivity contribution is -0.142. The average Bonchev–Trinajstić information content (AvgIpc) is 3.33. The highest BCUT2D eigenvalue weighted by Gasteiger charge is 2.48. The molecule has 3 aliphatic rings. The summed E-state index contributed by atoms with van der Waals surface area (Å²) in [4.78, 5) is 17.9. The molecule has 0 atom stereocenters. The Labute approximate surface area is 147 Å². The first-order chi connectivity index (χ1) is 11.2. The number of amides is 1. The largest absolute Gasteiger partial charge is 0.339 e. The molecule has 0 N–H and O–H groups in total. The second kappa shape index (κ2) is 6.21. The van der Waals surface area contributed by atoms with Gasteiger partial charge in [0.05, 0.1) is 5.41 Å². The Hall–Kier alpha value is -0.870. The summed E-state index contributed by atoms with van der Waals surface area (Å²) in [6, 6.07) is 8.39. The summed E-state index contributed by atoms with van der Waals surface area (Å²) in [6.45, 7) is 5.17. The third kappa shape index (κ3) is 3.08. The lowest BCUT2D eigenvalue weighted by Gasteiger charge is -2.46. The van der Waals surface area contributed by atoms with E-state index in [1.807, 2.05) is 0 Å². The maximum atomic E-state index is 13.2. The van der Waals surface area contributed by atoms with Crippen LogP contribution in [0.25, 0.3) is 0 Å². The van der Waals surface area contributed by atoms with Crippen LogP contribution >= 0.6 is 15.9 Å². The molecule has 4 heteroatoms. The van der Waals surface area contributed by atoms with E-state index in [4.69, 9.17) is 0 Å². The Balaban J connectivity index is 1.43. The summed E-state index contributed by atoms with van der Waals surface area (Å²) < 4.78 is 1.08. The molecule has 0 unspecified atom stereocenters. The topological polar surface area (TPSA) is 23.6 Å².